The molecule has 1 aliphatic heterocycles. The minimum atomic E-state index is -1.82. The average molecular weight is 454 g/mol. The van der Waals surface area contributed by atoms with Crippen LogP contribution in [0.15, 0.2) is 72.9 Å². The van der Waals surface area contributed by atoms with Crippen molar-refractivity contribution in [3.63, 3.8) is 0 Å². The summed E-state index contributed by atoms with van der Waals surface area (Å²) in [4.78, 5) is 13.7. The predicted octanol–water partition coefficient (Wildman–Crippen LogP) is 4.94. The van der Waals surface area contributed by atoms with Gasteiger partial charge in [-0.1, -0.05) is 68.4 Å². The lowest BCUT2D eigenvalue weighted by atomic mass is 9.79. The molecule has 4 aromatic rings. The molecule has 1 aliphatic rings. The number of rotatable bonds is 4. The van der Waals surface area contributed by atoms with Crippen LogP contribution in [-0.2, 0) is 11.3 Å². The molecular formula is C28H27N3O3. The molecule has 1 amide bonds. The number of amides is 1. The molecule has 0 saturated heterocycles. The summed E-state index contributed by atoms with van der Waals surface area (Å²) in [5.41, 5.74) is 2.99. The highest BCUT2D eigenvalue weighted by atomic mass is 16.6. The SMILES string of the molecule is Cc1ccccc1C1(O)Oc2cc(C(C)C)ccc2C1(C)NC(=O)c1cnnc2ccccc12. The number of aliphatic hydroxyl groups is 1. The first-order chi connectivity index (χ1) is 16.2. The number of nitrogens with one attached hydrogen (secondary N) is 1. The maximum Gasteiger partial charge on any atom is 0.262 e. The largest absolute Gasteiger partial charge is 0.455 e. The van der Waals surface area contributed by atoms with Crippen molar-refractivity contribution in [2.24, 2.45) is 0 Å². The molecule has 5 rings (SSSR count). The minimum absolute atomic E-state index is 0.288. The van der Waals surface area contributed by atoms with Gasteiger partial charge >= 0.3 is 0 Å². The monoisotopic (exact) mass is 453 g/mol. The molecule has 2 atom stereocenters. The van der Waals surface area contributed by atoms with Gasteiger partial charge in [-0.15, -0.1) is 0 Å². The highest BCUT2D eigenvalue weighted by molar-refractivity contribution is 6.06. The molecule has 1 aromatic heterocycles. The third-order valence-corrected chi connectivity index (χ3v) is 6.81. The minimum Gasteiger partial charge on any atom is -0.455 e. The quantitative estimate of drug-likeness (QED) is 0.457. The number of carbonyl (C=O) groups excluding carboxylic acids is 1. The van der Waals surface area contributed by atoms with Gasteiger partial charge in [0.25, 0.3) is 11.7 Å². The van der Waals surface area contributed by atoms with E-state index in [0.29, 0.717) is 33.3 Å². The molecule has 0 spiro atoms. The zero-order valence-electron chi connectivity index (χ0n) is 19.7. The van der Waals surface area contributed by atoms with Gasteiger partial charge in [0.1, 0.15) is 11.3 Å². The summed E-state index contributed by atoms with van der Waals surface area (Å²) in [6.45, 7) is 7.93. The van der Waals surface area contributed by atoms with Crippen molar-refractivity contribution in [2.75, 3.05) is 0 Å². The second kappa shape index (κ2) is 7.92. The Hall–Kier alpha value is -3.77. The highest BCUT2D eigenvalue weighted by Crippen LogP contribution is 2.52. The Bertz CT molecular complexity index is 1410. The standard InChI is InChI=1S/C28H27N3O3/c1-17(2)19-13-14-23-25(15-19)34-28(33,22-11-7-5-9-18(22)3)27(23,4)30-26(32)21-16-29-31-24-12-8-6-10-20(21)24/h5-17,33H,1-4H3,(H,30,32). The summed E-state index contributed by atoms with van der Waals surface area (Å²) in [5, 5.41) is 24.1. The smallest absolute Gasteiger partial charge is 0.262 e. The van der Waals surface area contributed by atoms with E-state index in [9.17, 15) is 9.90 Å². The van der Waals surface area contributed by atoms with Crippen molar-refractivity contribution in [3.05, 3.63) is 101 Å². The molecule has 2 N–H and O–H groups in total. The van der Waals surface area contributed by atoms with Gasteiger partial charge < -0.3 is 15.2 Å². The number of hydrogen-bond acceptors (Lipinski definition) is 5. The molecule has 2 unspecified atom stereocenters. The number of aryl methyl sites for hydroxylation is 1. The Morgan fingerprint density at radius 2 is 1.76 bits per heavy atom. The number of aromatic nitrogens is 2. The molecule has 3 aromatic carbocycles. The van der Waals surface area contributed by atoms with Crippen LogP contribution in [0.2, 0.25) is 0 Å². The van der Waals surface area contributed by atoms with Gasteiger partial charge in [-0.3, -0.25) is 4.79 Å². The van der Waals surface area contributed by atoms with Crippen LogP contribution in [0.4, 0.5) is 0 Å². The van der Waals surface area contributed by atoms with Gasteiger partial charge in [0.05, 0.1) is 17.3 Å². The normalized spacial score (nSPS) is 21.4. The number of carbonyl (C=O) groups is 1. The van der Waals surface area contributed by atoms with Crippen LogP contribution in [0.25, 0.3) is 10.9 Å². The Kier molecular flexibility index (Phi) is 5.14. The second-order valence-electron chi connectivity index (χ2n) is 9.33. The lowest BCUT2D eigenvalue weighted by molar-refractivity contribution is -0.185. The summed E-state index contributed by atoms with van der Waals surface area (Å²) in [7, 11) is 0. The number of fused-ring (bicyclic) bond motifs is 2. The van der Waals surface area contributed by atoms with Gasteiger partial charge in [0.15, 0.2) is 0 Å². The number of ether oxygens (including phenoxy) is 1. The summed E-state index contributed by atoms with van der Waals surface area (Å²) < 4.78 is 6.30. The van der Waals surface area contributed by atoms with E-state index in [1.807, 2.05) is 73.7 Å². The molecule has 0 radical (unpaired) electrons. The molecule has 2 heterocycles. The third kappa shape index (κ3) is 3.25. The molecular weight excluding hydrogens is 426 g/mol. The molecule has 172 valence electrons. The average Bonchev–Trinajstić information content (AvgIpc) is 3.05. The highest BCUT2D eigenvalue weighted by Gasteiger charge is 2.59. The first-order valence-electron chi connectivity index (χ1n) is 11.4. The van der Waals surface area contributed by atoms with E-state index in [-0.39, 0.29) is 11.8 Å². The number of nitrogens with zero attached hydrogens (tertiary/aromatic N) is 2. The Balaban J connectivity index is 1.66. The topological polar surface area (TPSA) is 84.3 Å². The summed E-state index contributed by atoms with van der Waals surface area (Å²) >= 11 is 0. The van der Waals surface area contributed by atoms with Crippen LogP contribution in [0.3, 0.4) is 0 Å². The number of benzene rings is 3. The molecule has 6 nitrogen and oxygen atoms in total. The van der Waals surface area contributed by atoms with E-state index in [4.69, 9.17) is 4.74 Å². The molecule has 0 fully saturated rings. The summed E-state index contributed by atoms with van der Waals surface area (Å²) in [6.07, 6.45) is 1.45. The fourth-order valence-electron chi connectivity index (χ4n) is 4.75. The van der Waals surface area contributed by atoms with Crippen molar-refractivity contribution in [1.82, 2.24) is 15.5 Å². The van der Waals surface area contributed by atoms with Gasteiger partial charge in [-0.05, 0) is 43.0 Å². The number of hydrogen-bond donors (Lipinski definition) is 2. The van der Waals surface area contributed by atoms with Crippen LogP contribution in [0.1, 0.15) is 59.3 Å². The maximum absolute atomic E-state index is 13.7. The van der Waals surface area contributed by atoms with E-state index < -0.39 is 11.3 Å². The summed E-state index contributed by atoms with van der Waals surface area (Å²) in [6, 6.07) is 20.8. The van der Waals surface area contributed by atoms with Crippen LogP contribution >= 0.6 is 0 Å². The van der Waals surface area contributed by atoms with Gasteiger partial charge in [-0.25, -0.2) is 0 Å². The van der Waals surface area contributed by atoms with E-state index in [1.54, 1.807) is 6.92 Å². The van der Waals surface area contributed by atoms with E-state index in [1.165, 1.54) is 6.20 Å². The van der Waals surface area contributed by atoms with Gasteiger partial charge in [0, 0.05) is 16.5 Å². The summed E-state index contributed by atoms with van der Waals surface area (Å²) in [5.74, 6) is -1.35. The lowest BCUT2D eigenvalue weighted by Gasteiger charge is -2.39. The fourth-order valence-corrected chi connectivity index (χ4v) is 4.75. The molecule has 0 aliphatic carbocycles. The van der Waals surface area contributed by atoms with Gasteiger partial charge in [-0.2, -0.15) is 10.2 Å². The zero-order valence-corrected chi connectivity index (χ0v) is 19.7. The van der Waals surface area contributed by atoms with Crippen molar-refractivity contribution in [3.8, 4) is 5.75 Å². The zero-order chi connectivity index (χ0) is 24.1. The first kappa shape index (κ1) is 22.0. The van der Waals surface area contributed by atoms with Crippen LogP contribution < -0.4 is 10.1 Å². The van der Waals surface area contributed by atoms with E-state index in [0.717, 1.165) is 11.1 Å². The Morgan fingerprint density at radius 1 is 1.03 bits per heavy atom. The van der Waals surface area contributed by atoms with Crippen molar-refractivity contribution in [1.29, 1.82) is 0 Å². The second-order valence-corrected chi connectivity index (χ2v) is 9.33. The van der Waals surface area contributed by atoms with E-state index >= 15 is 0 Å². The lowest BCUT2D eigenvalue weighted by Crippen LogP contribution is -2.58. The Labute approximate surface area is 198 Å². The van der Waals surface area contributed by atoms with Crippen molar-refractivity contribution in [2.45, 2.75) is 44.9 Å². The van der Waals surface area contributed by atoms with Crippen molar-refractivity contribution >= 4 is 16.8 Å². The molecule has 34 heavy (non-hydrogen) atoms. The molecule has 6 heteroatoms. The fraction of sp³-hybridized carbons (Fsp3) is 0.250. The van der Waals surface area contributed by atoms with Crippen LogP contribution in [0.5, 0.6) is 5.75 Å². The van der Waals surface area contributed by atoms with Crippen LogP contribution in [0, 0.1) is 6.92 Å². The van der Waals surface area contributed by atoms with Crippen LogP contribution in [-0.4, -0.2) is 21.2 Å². The van der Waals surface area contributed by atoms with E-state index in [2.05, 4.69) is 29.4 Å². The predicted molar refractivity (Wildman–Crippen MR) is 131 cm³/mol. The Morgan fingerprint density at radius 3 is 2.53 bits per heavy atom. The first-order valence-corrected chi connectivity index (χ1v) is 11.4. The van der Waals surface area contributed by atoms with Gasteiger partial charge in [0.2, 0.25) is 0 Å². The van der Waals surface area contributed by atoms with Crippen molar-refractivity contribution < 1.29 is 14.6 Å². The molecule has 0 saturated carbocycles. The molecule has 0 bridgehead atoms. The maximum atomic E-state index is 13.7. The third-order valence-electron chi connectivity index (χ3n) is 6.81.